The van der Waals surface area contributed by atoms with Crippen molar-refractivity contribution in [1.82, 2.24) is 15.5 Å². The number of methoxy groups -OCH3 is 2. The van der Waals surface area contributed by atoms with E-state index in [4.69, 9.17) is 23.4 Å². The summed E-state index contributed by atoms with van der Waals surface area (Å²) >= 11 is 1.16. The topological polar surface area (TPSA) is 105 Å². The Morgan fingerprint density at radius 1 is 1.07 bits per heavy atom. The number of nitrogens with zero attached hydrogens (tertiary/aromatic N) is 2. The summed E-state index contributed by atoms with van der Waals surface area (Å²) in [6.45, 7) is 0.605. The van der Waals surface area contributed by atoms with E-state index in [1.807, 2.05) is 18.2 Å². The first-order valence-corrected chi connectivity index (χ1v) is 9.99. The normalized spacial score (nSPS) is 11.9. The summed E-state index contributed by atoms with van der Waals surface area (Å²) in [5.74, 6) is 2.90. The first kappa shape index (κ1) is 19.9. The van der Waals surface area contributed by atoms with Crippen LogP contribution in [0.4, 0.5) is 0 Å². The van der Waals surface area contributed by atoms with Crippen LogP contribution in [0.2, 0.25) is 0 Å². The highest BCUT2D eigenvalue weighted by atomic mass is 32.2. The van der Waals surface area contributed by atoms with Gasteiger partial charge in [-0.3, -0.25) is 4.79 Å². The quantitative estimate of drug-likeness (QED) is 0.541. The van der Waals surface area contributed by atoms with Gasteiger partial charge in [-0.15, -0.1) is 10.2 Å². The highest BCUT2D eigenvalue weighted by molar-refractivity contribution is 7.99. The van der Waals surface area contributed by atoms with Gasteiger partial charge in [0.2, 0.25) is 18.6 Å². The maximum absolute atomic E-state index is 12.1. The number of aromatic nitrogens is 2. The van der Waals surface area contributed by atoms with Gasteiger partial charge in [-0.25, -0.2) is 0 Å². The molecule has 0 aliphatic carbocycles. The van der Waals surface area contributed by atoms with Crippen LogP contribution in [-0.2, 0) is 11.3 Å². The lowest BCUT2D eigenvalue weighted by atomic mass is 10.2. The average molecular weight is 429 g/mol. The number of thioether (sulfide) groups is 1. The summed E-state index contributed by atoms with van der Waals surface area (Å²) < 4.78 is 26.8. The molecule has 0 radical (unpaired) electrons. The van der Waals surface area contributed by atoms with Crippen molar-refractivity contribution in [3.8, 4) is 34.5 Å². The molecule has 4 rings (SSSR count). The molecule has 0 saturated heterocycles. The van der Waals surface area contributed by atoms with Crippen LogP contribution >= 0.6 is 11.8 Å². The predicted molar refractivity (Wildman–Crippen MR) is 108 cm³/mol. The number of hydrogen-bond donors (Lipinski definition) is 1. The average Bonchev–Trinajstić information content (AvgIpc) is 3.44. The molecule has 1 aliphatic heterocycles. The van der Waals surface area contributed by atoms with Crippen molar-refractivity contribution < 1.29 is 28.2 Å². The van der Waals surface area contributed by atoms with Gasteiger partial charge in [0, 0.05) is 12.1 Å². The van der Waals surface area contributed by atoms with Gasteiger partial charge in [0.05, 0.1) is 20.0 Å². The molecule has 1 aromatic heterocycles. The summed E-state index contributed by atoms with van der Waals surface area (Å²) in [5, 5.41) is 11.2. The van der Waals surface area contributed by atoms with E-state index in [1.165, 1.54) is 0 Å². The van der Waals surface area contributed by atoms with E-state index in [0.717, 1.165) is 17.3 Å². The van der Waals surface area contributed by atoms with Crippen LogP contribution < -0.4 is 24.3 Å². The van der Waals surface area contributed by atoms with Crippen molar-refractivity contribution in [2.75, 3.05) is 26.8 Å². The Hall–Kier alpha value is -3.40. The molecule has 3 aromatic rings. The Balaban J connectivity index is 1.30. The second kappa shape index (κ2) is 8.95. The lowest BCUT2D eigenvalue weighted by Gasteiger charge is -2.07. The monoisotopic (exact) mass is 429 g/mol. The summed E-state index contributed by atoms with van der Waals surface area (Å²) in [5.41, 5.74) is 1.62. The molecule has 0 saturated carbocycles. The maximum atomic E-state index is 12.1. The number of hydrogen-bond acceptors (Lipinski definition) is 9. The molecule has 1 amide bonds. The number of carbonyl (C=O) groups excluding carboxylic acids is 1. The molecule has 0 fully saturated rings. The molecule has 1 N–H and O–H groups in total. The van der Waals surface area contributed by atoms with Gasteiger partial charge in [-0.05, 0) is 35.9 Å². The van der Waals surface area contributed by atoms with Crippen LogP contribution in [0.15, 0.2) is 46.0 Å². The maximum Gasteiger partial charge on any atom is 0.277 e. The first-order valence-electron chi connectivity index (χ1n) is 9.00. The van der Waals surface area contributed by atoms with E-state index in [2.05, 4.69) is 15.5 Å². The zero-order valence-corrected chi connectivity index (χ0v) is 17.2. The fourth-order valence-corrected chi connectivity index (χ4v) is 3.38. The van der Waals surface area contributed by atoms with Crippen LogP contribution in [0.25, 0.3) is 11.5 Å². The van der Waals surface area contributed by atoms with Crippen molar-refractivity contribution in [2.45, 2.75) is 11.8 Å². The lowest BCUT2D eigenvalue weighted by Crippen LogP contribution is -2.24. The molecule has 10 heteroatoms. The predicted octanol–water partition coefficient (Wildman–Crippen LogP) is 2.89. The smallest absolute Gasteiger partial charge is 0.277 e. The number of ether oxygens (including phenoxy) is 4. The number of benzene rings is 2. The van der Waals surface area contributed by atoms with Crippen LogP contribution in [-0.4, -0.2) is 42.9 Å². The lowest BCUT2D eigenvalue weighted by molar-refractivity contribution is -0.118. The van der Waals surface area contributed by atoms with E-state index < -0.39 is 0 Å². The molecule has 30 heavy (non-hydrogen) atoms. The Labute approximate surface area is 176 Å². The minimum atomic E-state index is -0.150. The molecular formula is C20H19N3O6S. The number of rotatable bonds is 8. The Morgan fingerprint density at radius 2 is 1.90 bits per heavy atom. The Bertz CT molecular complexity index is 1050. The third-order valence-electron chi connectivity index (χ3n) is 4.29. The van der Waals surface area contributed by atoms with Crippen molar-refractivity contribution in [3.05, 3.63) is 42.0 Å². The summed E-state index contributed by atoms with van der Waals surface area (Å²) in [6, 6.07) is 10.9. The highest BCUT2D eigenvalue weighted by Gasteiger charge is 2.15. The molecule has 0 unspecified atom stereocenters. The summed E-state index contributed by atoms with van der Waals surface area (Å²) in [7, 11) is 3.12. The second-order valence-electron chi connectivity index (χ2n) is 6.20. The molecule has 0 atom stereocenters. The molecule has 156 valence electrons. The largest absolute Gasteiger partial charge is 0.493 e. The number of nitrogens with one attached hydrogen (secondary N) is 1. The highest BCUT2D eigenvalue weighted by Crippen LogP contribution is 2.33. The van der Waals surface area contributed by atoms with E-state index in [1.54, 1.807) is 32.4 Å². The second-order valence-corrected chi connectivity index (χ2v) is 7.12. The van der Waals surface area contributed by atoms with E-state index >= 15 is 0 Å². The third kappa shape index (κ3) is 4.43. The minimum Gasteiger partial charge on any atom is -0.493 e. The van der Waals surface area contributed by atoms with Crippen molar-refractivity contribution >= 4 is 17.7 Å². The fraction of sp³-hybridized carbons (Fsp3) is 0.250. The van der Waals surface area contributed by atoms with E-state index in [0.29, 0.717) is 46.2 Å². The molecule has 0 bridgehead atoms. The molecule has 2 heterocycles. The number of amides is 1. The van der Waals surface area contributed by atoms with Gasteiger partial charge >= 0.3 is 0 Å². The third-order valence-corrected chi connectivity index (χ3v) is 5.11. The van der Waals surface area contributed by atoms with Gasteiger partial charge < -0.3 is 28.7 Å². The van der Waals surface area contributed by atoms with Gasteiger partial charge in [0.25, 0.3) is 5.22 Å². The van der Waals surface area contributed by atoms with Crippen LogP contribution in [0, 0.1) is 0 Å². The molecule has 9 nitrogen and oxygen atoms in total. The number of carbonyl (C=O) groups is 1. The number of fused-ring (bicyclic) bond motifs is 1. The summed E-state index contributed by atoms with van der Waals surface area (Å²) in [4.78, 5) is 12.1. The van der Waals surface area contributed by atoms with Crippen molar-refractivity contribution in [2.24, 2.45) is 0 Å². The summed E-state index contributed by atoms with van der Waals surface area (Å²) in [6.07, 6.45) is 0. The van der Waals surface area contributed by atoms with E-state index in [9.17, 15) is 4.79 Å². The zero-order chi connectivity index (χ0) is 20.9. The SMILES string of the molecule is COc1ccc(-c2nnc(SCC(=O)NCc3ccc4c(c3)OCO4)o2)cc1OC. The van der Waals surface area contributed by atoms with Crippen molar-refractivity contribution in [1.29, 1.82) is 0 Å². The van der Waals surface area contributed by atoms with Crippen molar-refractivity contribution in [3.63, 3.8) is 0 Å². The molecule has 1 aliphatic rings. The molecule has 2 aromatic carbocycles. The molecular weight excluding hydrogens is 410 g/mol. The molecule has 0 spiro atoms. The van der Waals surface area contributed by atoms with E-state index in [-0.39, 0.29) is 18.5 Å². The standard InChI is InChI=1S/C20H19N3O6S/c1-25-14-6-4-13(8-16(14)26-2)19-22-23-20(29-19)30-10-18(24)21-9-12-3-5-15-17(7-12)28-11-27-15/h3-8H,9-11H2,1-2H3,(H,21,24). The van der Waals surface area contributed by atoms with Crippen LogP contribution in [0.1, 0.15) is 5.56 Å². The Kier molecular flexibility index (Phi) is 5.94. The van der Waals surface area contributed by atoms with Gasteiger partial charge in [0.15, 0.2) is 23.0 Å². The first-order chi connectivity index (χ1) is 14.7. The minimum absolute atomic E-state index is 0.150. The zero-order valence-electron chi connectivity index (χ0n) is 16.3. The fourth-order valence-electron chi connectivity index (χ4n) is 2.78. The van der Waals surface area contributed by atoms with Gasteiger partial charge in [-0.1, -0.05) is 17.8 Å². The van der Waals surface area contributed by atoms with Gasteiger partial charge in [0.1, 0.15) is 0 Å². The Morgan fingerprint density at radius 3 is 2.73 bits per heavy atom. The van der Waals surface area contributed by atoms with Gasteiger partial charge in [-0.2, -0.15) is 0 Å². The van der Waals surface area contributed by atoms with Crippen LogP contribution in [0.5, 0.6) is 23.0 Å². The van der Waals surface area contributed by atoms with Crippen LogP contribution in [0.3, 0.4) is 0 Å².